The Kier molecular flexibility index (Phi) is 2.58. The van der Waals surface area contributed by atoms with E-state index in [1.807, 2.05) is 0 Å². The summed E-state index contributed by atoms with van der Waals surface area (Å²) < 4.78 is 18.0. The molecule has 0 aromatic heterocycles. The normalized spacial score (nSPS) is 15.8. The van der Waals surface area contributed by atoms with Crippen LogP contribution in [0.15, 0.2) is 18.2 Å². The molecule has 1 aromatic rings. The molecule has 1 fully saturated rings. The molecule has 15 heavy (non-hydrogen) atoms. The zero-order valence-electron chi connectivity index (χ0n) is 8.20. The largest absolute Gasteiger partial charge is 0.459 e. The van der Waals surface area contributed by atoms with Crippen molar-refractivity contribution in [2.45, 2.75) is 25.4 Å². The number of hydrogen-bond acceptors (Lipinski definition) is 3. The molecule has 0 heterocycles. The maximum Gasteiger partial charge on any atom is 0.340 e. The number of hydrogen-bond donors (Lipinski definition) is 1. The molecule has 1 saturated carbocycles. The van der Waals surface area contributed by atoms with Gasteiger partial charge in [0.15, 0.2) is 0 Å². The predicted molar refractivity (Wildman–Crippen MR) is 53.9 cm³/mol. The van der Waals surface area contributed by atoms with Crippen LogP contribution in [0.4, 0.5) is 10.1 Å². The molecule has 4 heteroatoms. The minimum absolute atomic E-state index is 0.0137. The Morgan fingerprint density at radius 3 is 2.80 bits per heavy atom. The predicted octanol–water partition coefficient (Wildman–Crippen LogP) is 2.12. The second-order valence-electron chi connectivity index (χ2n) is 3.69. The van der Waals surface area contributed by atoms with Crippen LogP contribution >= 0.6 is 0 Å². The third kappa shape index (κ3) is 2.09. The van der Waals surface area contributed by atoms with E-state index in [2.05, 4.69) is 0 Å². The fourth-order valence-corrected chi connectivity index (χ4v) is 1.41. The number of carbonyl (C=O) groups excluding carboxylic acids is 1. The molecule has 0 amide bonds. The number of ether oxygens (including phenoxy) is 1. The number of benzene rings is 1. The monoisotopic (exact) mass is 209 g/mol. The molecule has 0 aliphatic heterocycles. The minimum atomic E-state index is -0.531. The van der Waals surface area contributed by atoms with E-state index < -0.39 is 11.8 Å². The molecular weight excluding hydrogens is 197 g/mol. The first-order valence-corrected chi connectivity index (χ1v) is 4.93. The van der Waals surface area contributed by atoms with Crippen LogP contribution in [0.2, 0.25) is 0 Å². The second kappa shape index (κ2) is 3.88. The Hall–Kier alpha value is -1.58. The van der Waals surface area contributed by atoms with Crippen molar-refractivity contribution < 1.29 is 13.9 Å². The maximum absolute atomic E-state index is 12.9. The van der Waals surface area contributed by atoms with Gasteiger partial charge < -0.3 is 10.5 Å². The third-order valence-electron chi connectivity index (χ3n) is 2.56. The molecule has 0 saturated heterocycles. The van der Waals surface area contributed by atoms with E-state index in [0.29, 0.717) is 0 Å². The molecule has 0 radical (unpaired) electrons. The summed E-state index contributed by atoms with van der Waals surface area (Å²) in [6.07, 6.45) is 2.85. The minimum Gasteiger partial charge on any atom is -0.459 e. The highest BCUT2D eigenvalue weighted by Crippen LogP contribution is 2.24. The van der Waals surface area contributed by atoms with E-state index in [1.165, 1.54) is 12.1 Å². The van der Waals surface area contributed by atoms with E-state index in [9.17, 15) is 9.18 Å². The van der Waals surface area contributed by atoms with E-state index in [1.54, 1.807) is 0 Å². The number of nitrogen functional groups attached to an aromatic ring is 1. The lowest BCUT2D eigenvalue weighted by molar-refractivity contribution is 0.00908. The van der Waals surface area contributed by atoms with Gasteiger partial charge in [-0.2, -0.15) is 0 Å². The summed E-state index contributed by atoms with van der Waals surface area (Å²) in [4.78, 5) is 11.6. The van der Waals surface area contributed by atoms with Crippen molar-refractivity contribution in [3.8, 4) is 0 Å². The number of anilines is 1. The van der Waals surface area contributed by atoms with Crippen LogP contribution in [0.5, 0.6) is 0 Å². The topological polar surface area (TPSA) is 52.3 Å². The van der Waals surface area contributed by atoms with E-state index >= 15 is 0 Å². The van der Waals surface area contributed by atoms with Crippen LogP contribution in [-0.4, -0.2) is 12.1 Å². The van der Waals surface area contributed by atoms with Crippen molar-refractivity contribution in [2.24, 2.45) is 0 Å². The highest BCUT2D eigenvalue weighted by atomic mass is 19.1. The van der Waals surface area contributed by atoms with Crippen molar-refractivity contribution >= 4 is 11.7 Å². The smallest absolute Gasteiger partial charge is 0.340 e. The molecule has 0 atom stereocenters. The average molecular weight is 209 g/mol. The highest BCUT2D eigenvalue weighted by Gasteiger charge is 2.23. The van der Waals surface area contributed by atoms with Crippen LogP contribution in [0.3, 0.4) is 0 Å². The lowest BCUT2D eigenvalue weighted by Crippen LogP contribution is -2.25. The lowest BCUT2D eigenvalue weighted by Gasteiger charge is -2.25. The molecule has 2 rings (SSSR count). The fraction of sp³-hybridized carbons (Fsp3) is 0.364. The summed E-state index contributed by atoms with van der Waals surface area (Å²) >= 11 is 0. The first-order chi connectivity index (χ1) is 7.16. The summed E-state index contributed by atoms with van der Waals surface area (Å²) in [5.74, 6) is -1.01. The molecule has 1 aromatic carbocycles. The van der Waals surface area contributed by atoms with Gasteiger partial charge in [0, 0.05) is 5.69 Å². The van der Waals surface area contributed by atoms with Gasteiger partial charge in [-0.25, -0.2) is 9.18 Å². The molecule has 1 aliphatic carbocycles. The lowest BCUT2D eigenvalue weighted by atomic mass is 9.96. The number of carbonyl (C=O) groups is 1. The Morgan fingerprint density at radius 1 is 1.47 bits per heavy atom. The van der Waals surface area contributed by atoms with Gasteiger partial charge in [-0.1, -0.05) is 0 Å². The Labute approximate surface area is 87.0 Å². The van der Waals surface area contributed by atoms with Crippen LogP contribution < -0.4 is 5.73 Å². The molecular formula is C11H12FNO2. The van der Waals surface area contributed by atoms with Crippen LogP contribution in [-0.2, 0) is 4.74 Å². The summed E-state index contributed by atoms with van der Waals surface area (Å²) in [5, 5.41) is 0. The summed E-state index contributed by atoms with van der Waals surface area (Å²) in [5.41, 5.74) is 5.92. The SMILES string of the molecule is Nc1ccc(F)cc1C(=O)OC1CCC1. The van der Waals surface area contributed by atoms with Gasteiger partial charge in [-0.05, 0) is 37.5 Å². The van der Waals surface area contributed by atoms with Gasteiger partial charge in [0.25, 0.3) is 0 Å². The van der Waals surface area contributed by atoms with Crippen molar-refractivity contribution in [1.29, 1.82) is 0 Å². The fourth-order valence-electron chi connectivity index (χ4n) is 1.41. The molecule has 1 aliphatic rings. The van der Waals surface area contributed by atoms with Gasteiger partial charge in [0.05, 0.1) is 5.56 Å². The van der Waals surface area contributed by atoms with Crippen LogP contribution in [0.1, 0.15) is 29.6 Å². The highest BCUT2D eigenvalue weighted by molar-refractivity contribution is 5.95. The van der Waals surface area contributed by atoms with E-state index in [-0.39, 0.29) is 17.4 Å². The molecule has 0 bridgehead atoms. The summed E-state index contributed by atoms with van der Waals surface area (Å²) in [6.45, 7) is 0. The van der Waals surface area contributed by atoms with Gasteiger partial charge in [0.2, 0.25) is 0 Å². The maximum atomic E-state index is 12.9. The molecule has 0 spiro atoms. The van der Waals surface area contributed by atoms with Crippen molar-refractivity contribution in [3.63, 3.8) is 0 Å². The zero-order chi connectivity index (χ0) is 10.8. The number of rotatable bonds is 2. The van der Waals surface area contributed by atoms with E-state index in [4.69, 9.17) is 10.5 Å². The Bertz CT molecular complexity index is 388. The first-order valence-electron chi connectivity index (χ1n) is 4.93. The summed E-state index contributed by atoms with van der Waals surface area (Å²) in [7, 11) is 0. The van der Waals surface area contributed by atoms with E-state index in [0.717, 1.165) is 25.3 Å². The third-order valence-corrected chi connectivity index (χ3v) is 2.56. The number of halogens is 1. The Balaban J connectivity index is 2.12. The molecule has 0 unspecified atom stereocenters. The average Bonchev–Trinajstić information content (AvgIpc) is 2.15. The Morgan fingerprint density at radius 2 is 2.20 bits per heavy atom. The number of nitrogens with two attached hydrogens (primary N) is 1. The van der Waals surface area contributed by atoms with Gasteiger partial charge >= 0.3 is 5.97 Å². The summed E-state index contributed by atoms with van der Waals surface area (Å²) in [6, 6.07) is 3.69. The van der Waals surface area contributed by atoms with Crippen LogP contribution in [0.25, 0.3) is 0 Å². The second-order valence-corrected chi connectivity index (χ2v) is 3.69. The number of esters is 1. The van der Waals surface area contributed by atoms with Crippen molar-refractivity contribution in [1.82, 2.24) is 0 Å². The quantitative estimate of drug-likeness (QED) is 0.599. The first kappa shape index (κ1) is 9.96. The van der Waals surface area contributed by atoms with Gasteiger partial charge in [0.1, 0.15) is 11.9 Å². The molecule has 2 N–H and O–H groups in total. The standard InChI is InChI=1S/C11H12FNO2/c12-7-4-5-10(13)9(6-7)11(14)15-8-2-1-3-8/h4-6,8H,1-3,13H2. The van der Waals surface area contributed by atoms with Crippen molar-refractivity contribution in [2.75, 3.05) is 5.73 Å². The molecule has 80 valence electrons. The molecule has 3 nitrogen and oxygen atoms in total. The zero-order valence-corrected chi connectivity index (χ0v) is 8.20. The van der Waals surface area contributed by atoms with Gasteiger partial charge in [-0.3, -0.25) is 0 Å². The van der Waals surface area contributed by atoms with Gasteiger partial charge in [-0.15, -0.1) is 0 Å². The van der Waals surface area contributed by atoms with Crippen LogP contribution in [0, 0.1) is 5.82 Å². The van der Waals surface area contributed by atoms with Crippen molar-refractivity contribution in [3.05, 3.63) is 29.6 Å².